The van der Waals surface area contributed by atoms with Crippen molar-refractivity contribution in [2.75, 3.05) is 18.5 Å². The number of anilines is 1. The predicted octanol–water partition coefficient (Wildman–Crippen LogP) is 6.76. The summed E-state index contributed by atoms with van der Waals surface area (Å²) in [6.45, 7) is 3.67. The van der Waals surface area contributed by atoms with E-state index in [2.05, 4.69) is 17.6 Å². The Morgan fingerprint density at radius 3 is 2.22 bits per heavy atom. The predicted molar refractivity (Wildman–Crippen MR) is 136 cm³/mol. The second-order valence-electron chi connectivity index (χ2n) is 8.76. The molecule has 2 rings (SSSR count). The molecule has 1 aliphatic heterocycles. The molecule has 1 fully saturated rings. The minimum Gasteiger partial charge on any atom is -0.491 e. The van der Waals surface area contributed by atoms with E-state index < -0.39 is 0 Å². The van der Waals surface area contributed by atoms with E-state index >= 15 is 0 Å². The van der Waals surface area contributed by atoms with Crippen LogP contribution in [0.1, 0.15) is 96.8 Å². The fraction of sp³-hybridized carbons (Fsp3) is 0.692. The number of carbonyl (C=O) groups excluding carboxylic acids is 1. The van der Waals surface area contributed by atoms with Crippen molar-refractivity contribution in [1.82, 2.24) is 5.32 Å². The van der Waals surface area contributed by atoms with Crippen molar-refractivity contribution in [2.45, 2.75) is 103 Å². The molecule has 5 nitrogen and oxygen atoms in total. The number of hydrogen-bond acceptors (Lipinski definition) is 4. The highest BCUT2D eigenvalue weighted by molar-refractivity contribution is 7.80. The zero-order valence-corrected chi connectivity index (χ0v) is 20.6. The van der Waals surface area contributed by atoms with E-state index in [1.807, 2.05) is 24.3 Å². The quantitative estimate of drug-likeness (QED) is 0.210. The summed E-state index contributed by atoms with van der Waals surface area (Å²) in [5.41, 5.74) is 0.828. The molecule has 1 heterocycles. The molecule has 180 valence electrons. The van der Waals surface area contributed by atoms with Crippen molar-refractivity contribution in [3.05, 3.63) is 24.3 Å². The molecule has 1 saturated heterocycles. The molecule has 0 bridgehead atoms. The summed E-state index contributed by atoms with van der Waals surface area (Å²) in [5.74, 6) is 0.785. The monoisotopic (exact) mass is 462 g/mol. The highest BCUT2D eigenvalue weighted by atomic mass is 32.1. The molecule has 0 radical (unpaired) electrons. The van der Waals surface area contributed by atoms with Gasteiger partial charge in [-0.25, -0.2) is 0 Å². The van der Waals surface area contributed by atoms with Gasteiger partial charge < -0.3 is 20.1 Å². The van der Waals surface area contributed by atoms with Crippen LogP contribution < -0.4 is 15.4 Å². The molecule has 6 heteroatoms. The molecule has 1 aromatic carbocycles. The Balaban J connectivity index is 1.47. The van der Waals surface area contributed by atoms with Crippen LogP contribution in [0.5, 0.6) is 5.75 Å². The Morgan fingerprint density at radius 1 is 1.00 bits per heavy atom. The van der Waals surface area contributed by atoms with Gasteiger partial charge in [0.1, 0.15) is 12.4 Å². The van der Waals surface area contributed by atoms with Crippen LogP contribution in [0.4, 0.5) is 5.69 Å². The van der Waals surface area contributed by atoms with Gasteiger partial charge >= 0.3 is 0 Å². The van der Waals surface area contributed by atoms with E-state index in [1.54, 1.807) is 0 Å². The summed E-state index contributed by atoms with van der Waals surface area (Å²) in [7, 11) is 0. The summed E-state index contributed by atoms with van der Waals surface area (Å²) in [6, 6.07) is 7.58. The van der Waals surface area contributed by atoms with Gasteiger partial charge in [-0.05, 0) is 55.7 Å². The fourth-order valence-electron chi connectivity index (χ4n) is 3.90. The largest absolute Gasteiger partial charge is 0.491 e. The first-order chi connectivity index (χ1) is 15.7. The lowest BCUT2D eigenvalue weighted by Gasteiger charge is -2.13. The highest BCUT2D eigenvalue weighted by Gasteiger charge is 2.15. The van der Waals surface area contributed by atoms with Crippen molar-refractivity contribution in [3.8, 4) is 5.75 Å². The Labute approximate surface area is 200 Å². The van der Waals surface area contributed by atoms with Crippen LogP contribution in [0.2, 0.25) is 0 Å². The number of thiocarbonyl (C=S) groups is 1. The van der Waals surface area contributed by atoms with Gasteiger partial charge in [0, 0.05) is 18.7 Å². The number of carbonyl (C=O) groups is 1. The van der Waals surface area contributed by atoms with Gasteiger partial charge in [-0.3, -0.25) is 4.79 Å². The van der Waals surface area contributed by atoms with Gasteiger partial charge in [-0.1, -0.05) is 71.1 Å². The minimum atomic E-state index is -0.0186. The number of unbranched alkanes of at least 4 members (excludes halogenated alkanes) is 10. The van der Waals surface area contributed by atoms with Crippen molar-refractivity contribution in [2.24, 2.45) is 0 Å². The number of amides is 1. The van der Waals surface area contributed by atoms with Gasteiger partial charge in [0.2, 0.25) is 5.91 Å². The number of hydrogen-bond donors (Lipinski definition) is 2. The summed E-state index contributed by atoms with van der Waals surface area (Å²) >= 11 is 5.27. The van der Waals surface area contributed by atoms with Crippen LogP contribution in [0, 0.1) is 0 Å². The smallest absolute Gasteiger partial charge is 0.226 e. The van der Waals surface area contributed by atoms with E-state index in [0.29, 0.717) is 18.1 Å². The molecule has 0 aromatic heterocycles. The van der Waals surface area contributed by atoms with Gasteiger partial charge in [0.05, 0.1) is 6.10 Å². The Bertz CT molecular complexity index is 645. The molecule has 2 N–H and O–H groups in total. The number of rotatable bonds is 16. The van der Waals surface area contributed by atoms with Crippen molar-refractivity contribution in [3.63, 3.8) is 0 Å². The fourth-order valence-corrected chi connectivity index (χ4v) is 4.13. The first kappa shape index (κ1) is 26.6. The third-order valence-electron chi connectivity index (χ3n) is 5.83. The van der Waals surface area contributed by atoms with Crippen molar-refractivity contribution >= 4 is 28.9 Å². The second kappa shape index (κ2) is 16.9. The molecule has 1 aromatic rings. The molecule has 0 spiro atoms. The lowest BCUT2D eigenvalue weighted by atomic mass is 10.1. The Hall–Kier alpha value is -1.66. The van der Waals surface area contributed by atoms with E-state index in [1.165, 1.54) is 57.8 Å². The molecule has 0 aliphatic carbocycles. The Kier molecular flexibility index (Phi) is 14.0. The SMILES string of the molecule is CCCCCCCCCCCCCC(=O)NC(=S)Nc1ccc(OCC2CCCO2)cc1. The highest BCUT2D eigenvalue weighted by Crippen LogP contribution is 2.18. The Morgan fingerprint density at radius 2 is 1.62 bits per heavy atom. The van der Waals surface area contributed by atoms with Crippen molar-refractivity contribution in [1.29, 1.82) is 0 Å². The first-order valence-electron chi connectivity index (χ1n) is 12.6. The van der Waals surface area contributed by atoms with Crippen LogP contribution in [0.25, 0.3) is 0 Å². The van der Waals surface area contributed by atoms with Gasteiger partial charge in [0.15, 0.2) is 5.11 Å². The van der Waals surface area contributed by atoms with Crippen molar-refractivity contribution < 1.29 is 14.3 Å². The first-order valence-corrected chi connectivity index (χ1v) is 13.0. The van der Waals surface area contributed by atoms with Crippen LogP contribution in [-0.2, 0) is 9.53 Å². The van der Waals surface area contributed by atoms with Crippen LogP contribution >= 0.6 is 12.2 Å². The molecular formula is C26H42N2O3S. The zero-order chi connectivity index (χ0) is 22.9. The maximum absolute atomic E-state index is 12.1. The second-order valence-corrected chi connectivity index (χ2v) is 9.17. The maximum Gasteiger partial charge on any atom is 0.226 e. The molecule has 0 saturated carbocycles. The molecule has 32 heavy (non-hydrogen) atoms. The van der Waals surface area contributed by atoms with Crippen LogP contribution in [0.15, 0.2) is 24.3 Å². The van der Waals surface area contributed by atoms with Gasteiger partial charge in [0.25, 0.3) is 0 Å². The lowest BCUT2D eigenvalue weighted by Crippen LogP contribution is -2.33. The third-order valence-corrected chi connectivity index (χ3v) is 6.04. The van der Waals surface area contributed by atoms with Crippen LogP contribution in [0.3, 0.4) is 0 Å². The summed E-state index contributed by atoms with van der Waals surface area (Å²) in [4.78, 5) is 12.1. The number of nitrogens with one attached hydrogen (secondary N) is 2. The average Bonchev–Trinajstić information content (AvgIpc) is 3.30. The van der Waals surface area contributed by atoms with Gasteiger partial charge in [-0.15, -0.1) is 0 Å². The van der Waals surface area contributed by atoms with Crippen LogP contribution in [-0.4, -0.2) is 30.3 Å². The number of ether oxygens (including phenoxy) is 2. The normalized spacial score (nSPS) is 15.5. The third kappa shape index (κ3) is 12.4. The average molecular weight is 463 g/mol. The van der Waals surface area contributed by atoms with E-state index in [-0.39, 0.29) is 12.0 Å². The van der Waals surface area contributed by atoms with E-state index in [9.17, 15) is 4.79 Å². The minimum absolute atomic E-state index is 0.0186. The molecule has 1 amide bonds. The van der Waals surface area contributed by atoms with E-state index in [0.717, 1.165) is 43.7 Å². The summed E-state index contributed by atoms with van der Waals surface area (Å²) < 4.78 is 11.3. The molecule has 1 unspecified atom stereocenters. The van der Waals surface area contributed by atoms with Gasteiger partial charge in [-0.2, -0.15) is 0 Å². The number of benzene rings is 1. The standard InChI is InChI=1S/C26H42N2O3S/c1-2-3-4-5-6-7-8-9-10-11-12-15-25(29)28-26(32)27-22-16-18-23(19-17-22)31-21-24-14-13-20-30-24/h16-19,24H,2-15,20-21H2,1H3,(H2,27,28,29,32). The van der Waals surface area contributed by atoms with E-state index in [4.69, 9.17) is 21.7 Å². The summed E-state index contributed by atoms with van der Waals surface area (Å²) in [6.07, 6.45) is 16.9. The lowest BCUT2D eigenvalue weighted by molar-refractivity contribution is -0.119. The molecular weight excluding hydrogens is 420 g/mol. The zero-order valence-electron chi connectivity index (χ0n) is 19.8. The maximum atomic E-state index is 12.1. The topological polar surface area (TPSA) is 59.6 Å². The molecule has 1 aliphatic rings. The summed E-state index contributed by atoms with van der Waals surface area (Å²) in [5, 5.41) is 6.17. The molecule has 1 atom stereocenters.